The summed E-state index contributed by atoms with van der Waals surface area (Å²) in [4.78, 5) is 39.8. The molecule has 0 heterocycles. The van der Waals surface area contributed by atoms with Crippen LogP contribution in [0.2, 0.25) is 0 Å². The number of benzene rings is 3. The maximum atomic E-state index is 6.32. The van der Waals surface area contributed by atoms with Crippen LogP contribution in [0, 0.1) is 0 Å². The second-order valence-corrected chi connectivity index (χ2v) is 21.5. The molecule has 0 aliphatic rings. The van der Waals surface area contributed by atoms with Gasteiger partial charge in [-0.25, -0.2) is 0 Å². The number of para-hydroxylation sites is 3. The highest BCUT2D eigenvalue weighted by Crippen LogP contribution is 2.28. The number of hydrogen-bond donors (Lipinski definition) is 0. The molecule has 0 aliphatic carbocycles. The van der Waals surface area contributed by atoms with Crippen LogP contribution in [0.5, 0.6) is 17.2 Å². The van der Waals surface area contributed by atoms with Gasteiger partial charge in [0.15, 0.2) is 17.2 Å². The number of rotatable bonds is 54. The molecule has 0 aliphatic heterocycles. The highest BCUT2D eigenvalue weighted by Gasteiger charge is 2.34. The summed E-state index contributed by atoms with van der Waals surface area (Å²) in [6.45, 7) is 8.23. The lowest BCUT2D eigenvalue weighted by Crippen LogP contribution is -2.55. The van der Waals surface area contributed by atoms with Crippen LogP contribution in [0.25, 0.3) is 0 Å². The minimum Gasteiger partial charge on any atom is -0.338 e. The van der Waals surface area contributed by atoms with E-state index in [0.717, 1.165) is 55.8 Å². The third kappa shape index (κ3) is 35.7. The molecule has 0 saturated heterocycles. The lowest BCUT2D eigenvalue weighted by atomic mass is 9.95. The second-order valence-electron chi connectivity index (χ2n) is 21.5. The van der Waals surface area contributed by atoms with E-state index in [-0.39, 0.29) is 18.1 Å². The van der Waals surface area contributed by atoms with Crippen molar-refractivity contribution in [2.45, 2.75) is 289 Å². The maximum absolute atomic E-state index is 6.32. The Labute approximate surface area is 449 Å². The summed E-state index contributed by atoms with van der Waals surface area (Å²) in [5.41, 5.74) is 0. The largest absolute Gasteiger partial charge is 0.338 e. The quantitative estimate of drug-likeness (QED) is 0.0317. The van der Waals surface area contributed by atoms with Crippen LogP contribution in [0.4, 0.5) is 0 Å². The summed E-state index contributed by atoms with van der Waals surface area (Å²) in [6, 6.07) is 30.0. The molecule has 0 aromatic heterocycles. The maximum Gasteiger partial charge on any atom is 0.165 e. The first kappa shape index (κ1) is 64.2. The Kier molecular flexibility index (Phi) is 42.7. The van der Waals surface area contributed by atoms with Gasteiger partial charge in [-0.1, -0.05) is 307 Å². The van der Waals surface area contributed by atoms with E-state index in [1.54, 1.807) is 0 Å². The van der Waals surface area contributed by atoms with Crippen LogP contribution in [0.15, 0.2) is 91.0 Å². The molecule has 0 bridgehead atoms. The molecule has 0 fully saturated rings. The van der Waals surface area contributed by atoms with Gasteiger partial charge >= 0.3 is 0 Å². The van der Waals surface area contributed by atoms with E-state index in [4.69, 9.17) is 29.3 Å². The Morgan fingerprint density at radius 1 is 0.260 bits per heavy atom. The smallest absolute Gasteiger partial charge is 0.165 e. The molecule has 0 spiro atoms. The van der Waals surface area contributed by atoms with Crippen LogP contribution in [0.1, 0.15) is 271 Å². The third-order valence-corrected chi connectivity index (χ3v) is 14.9. The predicted molar refractivity (Wildman–Crippen MR) is 309 cm³/mol. The normalized spacial score (nSPS) is 12.8. The average molecular weight is 1010 g/mol. The van der Waals surface area contributed by atoms with Gasteiger partial charge in [0.2, 0.25) is 0 Å². The van der Waals surface area contributed by atoms with Crippen LogP contribution in [-0.4, -0.2) is 42.8 Å². The topological polar surface area (TPSA) is 58.6 Å². The molecule has 0 saturated carbocycles. The molecule has 7 heteroatoms. The summed E-state index contributed by atoms with van der Waals surface area (Å²) in [5.74, 6) is 2.16. The Morgan fingerprint density at radius 2 is 0.452 bits per heavy atom. The van der Waals surface area contributed by atoms with E-state index in [9.17, 15) is 0 Å². The van der Waals surface area contributed by atoms with Gasteiger partial charge in [0, 0.05) is 18.1 Å². The lowest BCUT2D eigenvalue weighted by molar-refractivity contribution is -0.249. The van der Waals surface area contributed by atoms with E-state index in [1.165, 1.54) is 212 Å². The minimum absolute atomic E-state index is 0.0668. The van der Waals surface area contributed by atoms with Crippen LogP contribution < -0.4 is 14.7 Å². The molecule has 3 unspecified atom stereocenters. The summed E-state index contributed by atoms with van der Waals surface area (Å²) in [5, 5.41) is 0. The SMILES string of the molecule is CCCCCCCCCCCCCCC(COOc1ccccc1)N(C(CCCCCCCCCCCCCC)COOc1ccccc1)C(CCCCCCCCCCCCCC)COOc1ccccc1. The minimum atomic E-state index is 0.0668. The molecule has 73 heavy (non-hydrogen) atoms. The van der Waals surface area contributed by atoms with Crippen molar-refractivity contribution in [1.29, 1.82) is 0 Å². The fraction of sp³-hybridized carbons (Fsp3) is 0.727. The van der Waals surface area contributed by atoms with Gasteiger partial charge in [0.1, 0.15) is 19.8 Å². The van der Waals surface area contributed by atoms with Gasteiger partial charge in [-0.15, -0.1) is 0 Å². The average Bonchev–Trinajstić information content (AvgIpc) is 3.42. The first-order valence-electron chi connectivity index (χ1n) is 31.1. The molecule has 7 nitrogen and oxygen atoms in total. The fourth-order valence-corrected chi connectivity index (χ4v) is 10.5. The molecule has 3 atom stereocenters. The van der Waals surface area contributed by atoms with Crippen molar-refractivity contribution in [3.8, 4) is 17.2 Å². The second kappa shape index (κ2) is 48.5. The molecule has 416 valence electrons. The van der Waals surface area contributed by atoms with Gasteiger partial charge in [0.05, 0.1) is 0 Å². The molecule has 3 aromatic carbocycles. The Morgan fingerprint density at radius 3 is 0.658 bits per heavy atom. The van der Waals surface area contributed by atoms with E-state index < -0.39 is 0 Å². The van der Waals surface area contributed by atoms with E-state index in [0.29, 0.717) is 19.8 Å². The third-order valence-electron chi connectivity index (χ3n) is 14.9. The van der Waals surface area contributed by atoms with Crippen molar-refractivity contribution in [3.05, 3.63) is 91.0 Å². The molecular weight excluding hydrogens is 903 g/mol. The first-order chi connectivity index (χ1) is 36.2. The molecule has 0 radical (unpaired) electrons. The summed E-state index contributed by atoms with van der Waals surface area (Å²) < 4.78 is 0. The lowest BCUT2D eigenvalue weighted by Gasteiger charge is -2.43. The number of nitrogens with zero attached hydrogens (tertiary/aromatic N) is 1. The Hall–Kier alpha value is -3.10. The molecule has 3 aromatic rings. The number of hydrogen-bond acceptors (Lipinski definition) is 7. The van der Waals surface area contributed by atoms with Crippen molar-refractivity contribution in [1.82, 2.24) is 4.90 Å². The zero-order valence-electron chi connectivity index (χ0n) is 47.5. The summed E-state index contributed by atoms with van der Waals surface area (Å²) in [7, 11) is 0. The van der Waals surface area contributed by atoms with Crippen molar-refractivity contribution in [3.63, 3.8) is 0 Å². The fourth-order valence-electron chi connectivity index (χ4n) is 10.5. The highest BCUT2D eigenvalue weighted by molar-refractivity contribution is 5.21. The van der Waals surface area contributed by atoms with Crippen molar-refractivity contribution < 1.29 is 29.3 Å². The van der Waals surface area contributed by atoms with Crippen molar-refractivity contribution in [2.75, 3.05) is 19.8 Å². The van der Waals surface area contributed by atoms with Crippen molar-refractivity contribution >= 4 is 0 Å². The van der Waals surface area contributed by atoms with Crippen LogP contribution >= 0.6 is 0 Å². The zero-order chi connectivity index (χ0) is 51.6. The van der Waals surface area contributed by atoms with Crippen LogP contribution in [-0.2, 0) is 14.7 Å². The molecule has 0 amide bonds. The molecule has 3 rings (SSSR count). The van der Waals surface area contributed by atoms with E-state index in [1.807, 2.05) is 91.0 Å². The molecule has 0 N–H and O–H groups in total. The first-order valence-corrected chi connectivity index (χ1v) is 31.1. The monoisotopic (exact) mass is 1010 g/mol. The molecular formula is C66H111NO6. The zero-order valence-corrected chi connectivity index (χ0v) is 47.5. The summed E-state index contributed by atoms with van der Waals surface area (Å²) >= 11 is 0. The predicted octanol–water partition coefficient (Wildman–Crippen LogP) is 20.7. The Balaban J connectivity index is 1.83. The standard InChI is InChI=1S/C66H111NO6/c1-4-7-10-13-16-19-22-25-28-31-34-40-49-61(58-68-71-64-52-43-37-44-53-64)67(62(59-69-72-65-54-45-38-46-55-65)50-41-35-32-29-26-23-20-17-14-11-8-5-2)63(60-70-73-66-56-47-39-48-57-66)51-42-36-33-30-27-24-21-18-15-12-9-6-3/h37-39,43-48,52-57,61-63H,4-36,40-42,49-51,58-60H2,1-3H3. The number of unbranched alkanes of at least 4 members (excludes halogenated alkanes) is 33. The van der Waals surface area contributed by atoms with Gasteiger partial charge in [-0.2, -0.15) is 14.7 Å². The van der Waals surface area contributed by atoms with E-state index >= 15 is 0 Å². The Bertz CT molecular complexity index is 1360. The van der Waals surface area contributed by atoms with Crippen molar-refractivity contribution in [2.24, 2.45) is 0 Å². The van der Waals surface area contributed by atoms with Gasteiger partial charge in [0.25, 0.3) is 0 Å². The van der Waals surface area contributed by atoms with E-state index in [2.05, 4.69) is 25.7 Å². The highest BCUT2D eigenvalue weighted by atomic mass is 17.2. The van der Waals surface area contributed by atoms with Gasteiger partial charge < -0.3 is 14.7 Å². The van der Waals surface area contributed by atoms with Crippen LogP contribution in [0.3, 0.4) is 0 Å². The van der Waals surface area contributed by atoms with Gasteiger partial charge in [-0.05, 0) is 55.7 Å². The summed E-state index contributed by atoms with van der Waals surface area (Å²) in [6.07, 6.45) is 50.7. The van der Waals surface area contributed by atoms with Gasteiger partial charge in [-0.3, -0.25) is 4.90 Å².